The van der Waals surface area contributed by atoms with Crippen LogP contribution >= 0.6 is 0 Å². The average Bonchev–Trinajstić information content (AvgIpc) is 2.76. The Balaban J connectivity index is 1.73. The first-order valence-electron chi connectivity index (χ1n) is 7.12. The van der Waals surface area contributed by atoms with Gasteiger partial charge in [0.25, 0.3) is 0 Å². The maximum Gasteiger partial charge on any atom is 0.126 e. The van der Waals surface area contributed by atoms with Crippen LogP contribution < -0.4 is 10.1 Å². The van der Waals surface area contributed by atoms with E-state index in [1.54, 1.807) is 6.07 Å². The Kier molecular flexibility index (Phi) is 3.92. The molecule has 1 aromatic carbocycles. The van der Waals surface area contributed by atoms with Gasteiger partial charge in [-0.1, -0.05) is 6.07 Å². The third-order valence-corrected chi connectivity index (χ3v) is 4.01. The molecule has 1 fully saturated rings. The minimum atomic E-state index is -0.784. The van der Waals surface area contributed by atoms with E-state index in [1.165, 1.54) is 12.1 Å². The molecule has 110 valence electrons. The van der Waals surface area contributed by atoms with Gasteiger partial charge in [-0.05, 0) is 18.9 Å². The summed E-state index contributed by atoms with van der Waals surface area (Å²) >= 11 is 0. The molecule has 2 aliphatic rings. The fourth-order valence-electron chi connectivity index (χ4n) is 2.81. The standard InChI is InChI=1S/C15H20FNO3/c16-11-3-4-12-13(2-1-6-20-14(12)8-11)17-9-15(18)5-7-19-10-15/h3-4,8,13,17-18H,1-2,5-7,9-10H2/t13-,15-/m0/s1. The van der Waals surface area contributed by atoms with Crippen molar-refractivity contribution in [3.8, 4) is 5.75 Å². The van der Waals surface area contributed by atoms with Crippen molar-refractivity contribution in [2.75, 3.05) is 26.4 Å². The van der Waals surface area contributed by atoms with Gasteiger partial charge in [0.05, 0.1) is 13.2 Å². The predicted octanol–water partition coefficient (Wildman–Crippen LogP) is 1.78. The Labute approximate surface area is 117 Å². The van der Waals surface area contributed by atoms with E-state index < -0.39 is 5.60 Å². The minimum Gasteiger partial charge on any atom is -0.493 e. The Bertz CT molecular complexity index is 474. The van der Waals surface area contributed by atoms with Crippen LogP contribution in [0, 0.1) is 5.82 Å². The van der Waals surface area contributed by atoms with Crippen molar-refractivity contribution in [1.82, 2.24) is 5.32 Å². The van der Waals surface area contributed by atoms with Crippen molar-refractivity contribution >= 4 is 0 Å². The van der Waals surface area contributed by atoms with Crippen LogP contribution in [-0.2, 0) is 4.74 Å². The smallest absolute Gasteiger partial charge is 0.126 e. The molecule has 2 aliphatic heterocycles. The van der Waals surface area contributed by atoms with Crippen LogP contribution in [0.5, 0.6) is 5.75 Å². The minimum absolute atomic E-state index is 0.0812. The number of benzene rings is 1. The first-order valence-corrected chi connectivity index (χ1v) is 7.12. The van der Waals surface area contributed by atoms with E-state index >= 15 is 0 Å². The lowest BCUT2D eigenvalue weighted by atomic mass is 9.99. The fourth-order valence-corrected chi connectivity index (χ4v) is 2.81. The lowest BCUT2D eigenvalue weighted by molar-refractivity contribution is 0.0245. The molecule has 3 rings (SSSR count). The molecule has 2 atom stereocenters. The van der Waals surface area contributed by atoms with Crippen molar-refractivity contribution in [1.29, 1.82) is 0 Å². The van der Waals surface area contributed by atoms with Crippen LogP contribution in [0.15, 0.2) is 18.2 Å². The van der Waals surface area contributed by atoms with Gasteiger partial charge in [0.15, 0.2) is 0 Å². The number of rotatable bonds is 3. The molecule has 0 spiro atoms. The van der Waals surface area contributed by atoms with Gasteiger partial charge in [0.1, 0.15) is 17.2 Å². The van der Waals surface area contributed by atoms with Crippen LogP contribution in [0.25, 0.3) is 0 Å². The molecule has 4 nitrogen and oxygen atoms in total. The molecular weight excluding hydrogens is 261 g/mol. The van der Waals surface area contributed by atoms with Crippen molar-refractivity contribution in [2.24, 2.45) is 0 Å². The second kappa shape index (κ2) is 5.68. The highest BCUT2D eigenvalue weighted by Crippen LogP contribution is 2.32. The summed E-state index contributed by atoms with van der Waals surface area (Å²) in [4.78, 5) is 0. The summed E-state index contributed by atoms with van der Waals surface area (Å²) in [6.45, 7) is 2.06. The molecule has 1 saturated heterocycles. The van der Waals surface area contributed by atoms with Crippen LogP contribution in [0.2, 0.25) is 0 Å². The molecule has 0 saturated carbocycles. The largest absolute Gasteiger partial charge is 0.493 e. The number of halogens is 1. The lowest BCUT2D eigenvalue weighted by Gasteiger charge is -2.25. The maximum absolute atomic E-state index is 13.3. The molecule has 0 amide bonds. The second-order valence-corrected chi connectivity index (χ2v) is 5.63. The summed E-state index contributed by atoms with van der Waals surface area (Å²) in [5.41, 5.74) is 0.180. The molecule has 2 heterocycles. The maximum atomic E-state index is 13.3. The van der Waals surface area contributed by atoms with Crippen molar-refractivity contribution in [2.45, 2.75) is 30.9 Å². The van der Waals surface area contributed by atoms with E-state index in [-0.39, 0.29) is 11.9 Å². The van der Waals surface area contributed by atoms with Gasteiger partial charge in [0, 0.05) is 37.2 Å². The van der Waals surface area contributed by atoms with E-state index in [1.807, 2.05) is 0 Å². The number of nitrogens with one attached hydrogen (secondary N) is 1. The number of hydrogen-bond donors (Lipinski definition) is 2. The van der Waals surface area contributed by atoms with Crippen LogP contribution in [-0.4, -0.2) is 37.1 Å². The highest BCUT2D eigenvalue weighted by atomic mass is 19.1. The van der Waals surface area contributed by atoms with Crippen LogP contribution in [0.1, 0.15) is 30.9 Å². The molecule has 2 N–H and O–H groups in total. The summed E-state index contributed by atoms with van der Waals surface area (Å²) in [5.74, 6) is 0.321. The number of ether oxygens (including phenoxy) is 2. The second-order valence-electron chi connectivity index (χ2n) is 5.63. The zero-order valence-electron chi connectivity index (χ0n) is 11.4. The van der Waals surface area contributed by atoms with Gasteiger partial charge in [-0.25, -0.2) is 4.39 Å². The Morgan fingerprint density at radius 2 is 2.30 bits per heavy atom. The summed E-state index contributed by atoms with van der Waals surface area (Å²) in [7, 11) is 0. The van der Waals surface area contributed by atoms with Crippen molar-refractivity contribution in [3.05, 3.63) is 29.6 Å². The number of fused-ring (bicyclic) bond motifs is 1. The third-order valence-electron chi connectivity index (χ3n) is 4.01. The summed E-state index contributed by atoms with van der Waals surface area (Å²) in [6, 6.07) is 4.74. The molecule has 20 heavy (non-hydrogen) atoms. The first-order chi connectivity index (χ1) is 9.66. The van der Waals surface area contributed by atoms with E-state index in [0.29, 0.717) is 38.5 Å². The molecule has 0 unspecified atom stereocenters. The zero-order valence-corrected chi connectivity index (χ0v) is 11.4. The lowest BCUT2D eigenvalue weighted by Crippen LogP contribution is -2.42. The van der Waals surface area contributed by atoms with Gasteiger partial charge in [-0.15, -0.1) is 0 Å². The molecule has 0 aromatic heterocycles. The molecule has 0 aliphatic carbocycles. The van der Waals surface area contributed by atoms with Gasteiger partial charge in [-0.3, -0.25) is 0 Å². The Morgan fingerprint density at radius 3 is 3.10 bits per heavy atom. The van der Waals surface area contributed by atoms with Gasteiger partial charge in [-0.2, -0.15) is 0 Å². The SMILES string of the molecule is O[C@]1(CN[C@H]2CCCOc3cc(F)ccc32)CCOC1. The quantitative estimate of drug-likeness (QED) is 0.887. The van der Waals surface area contributed by atoms with Gasteiger partial charge >= 0.3 is 0 Å². The summed E-state index contributed by atoms with van der Waals surface area (Å²) < 4.78 is 24.1. The molecular formula is C15H20FNO3. The normalized spacial score (nSPS) is 29.6. The zero-order chi connectivity index (χ0) is 14.0. The van der Waals surface area contributed by atoms with Gasteiger partial charge in [0.2, 0.25) is 0 Å². The first kappa shape index (κ1) is 13.8. The summed E-state index contributed by atoms with van der Waals surface area (Å²) in [6.07, 6.45) is 2.47. The van der Waals surface area contributed by atoms with Crippen LogP contribution in [0.3, 0.4) is 0 Å². The number of aliphatic hydroxyl groups is 1. The molecule has 0 bridgehead atoms. The third kappa shape index (κ3) is 2.95. The fraction of sp³-hybridized carbons (Fsp3) is 0.600. The van der Waals surface area contributed by atoms with E-state index in [2.05, 4.69) is 5.32 Å². The van der Waals surface area contributed by atoms with Gasteiger partial charge < -0.3 is 19.9 Å². The van der Waals surface area contributed by atoms with Crippen molar-refractivity contribution < 1.29 is 19.0 Å². The molecule has 0 radical (unpaired) electrons. The van der Waals surface area contributed by atoms with E-state index in [0.717, 1.165) is 18.4 Å². The summed E-state index contributed by atoms with van der Waals surface area (Å²) in [5, 5.41) is 13.7. The topological polar surface area (TPSA) is 50.7 Å². The average molecular weight is 281 g/mol. The predicted molar refractivity (Wildman–Crippen MR) is 72.3 cm³/mol. The van der Waals surface area contributed by atoms with E-state index in [9.17, 15) is 9.50 Å². The number of hydrogen-bond acceptors (Lipinski definition) is 4. The molecule has 5 heteroatoms. The highest BCUT2D eigenvalue weighted by Gasteiger charge is 2.33. The van der Waals surface area contributed by atoms with Crippen molar-refractivity contribution in [3.63, 3.8) is 0 Å². The Morgan fingerprint density at radius 1 is 1.40 bits per heavy atom. The molecule has 1 aromatic rings. The highest BCUT2D eigenvalue weighted by molar-refractivity contribution is 5.37. The van der Waals surface area contributed by atoms with Crippen LogP contribution in [0.4, 0.5) is 4.39 Å². The Hall–Kier alpha value is -1.17. The van der Waals surface area contributed by atoms with E-state index in [4.69, 9.17) is 9.47 Å². The monoisotopic (exact) mass is 281 g/mol.